The van der Waals surface area contributed by atoms with Gasteiger partial charge in [0.2, 0.25) is 0 Å². The summed E-state index contributed by atoms with van der Waals surface area (Å²) in [6.45, 7) is 16.7. The van der Waals surface area contributed by atoms with Crippen molar-refractivity contribution in [3.8, 4) is 0 Å². The minimum Gasteiger partial charge on any atom is -0.0991 e. The monoisotopic (exact) mass is 258 g/mol. The number of allylic oxidation sites excluding steroid dienone is 3. The second kappa shape index (κ2) is 9.61. The van der Waals surface area contributed by atoms with Crippen molar-refractivity contribution in [1.82, 2.24) is 0 Å². The third-order valence-electron chi connectivity index (χ3n) is 3.13. The summed E-state index contributed by atoms with van der Waals surface area (Å²) < 4.78 is 0. The number of benzene rings is 1. The lowest BCUT2D eigenvalue weighted by Crippen LogP contribution is -1.99. The first kappa shape index (κ1) is 17.7. The molecule has 106 valence electrons. The predicted octanol–water partition coefficient (Wildman–Crippen LogP) is 6.15. The fraction of sp³-hybridized carbons (Fsp3) is 0.474. The maximum atomic E-state index is 3.79. The summed E-state index contributed by atoms with van der Waals surface area (Å²) in [5.74, 6) is 1.19. The van der Waals surface area contributed by atoms with Gasteiger partial charge in [-0.2, -0.15) is 0 Å². The average Bonchev–Trinajstić information content (AvgIpc) is 2.41. The van der Waals surface area contributed by atoms with Gasteiger partial charge in [0.05, 0.1) is 0 Å². The van der Waals surface area contributed by atoms with Crippen molar-refractivity contribution in [2.24, 2.45) is 5.92 Å². The van der Waals surface area contributed by atoms with Crippen molar-refractivity contribution in [2.75, 3.05) is 0 Å². The summed E-state index contributed by atoms with van der Waals surface area (Å²) in [6.07, 6.45) is 5.06. The molecule has 0 bridgehead atoms. The van der Waals surface area contributed by atoms with E-state index in [0.29, 0.717) is 11.8 Å². The van der Waals surface area contributed by atoms with Crippen LogP contribution in [0, 0.1) is 5.92 Å². The van der Waals surface area contributed by atoms with Gasteiger partial charge in [-0.1, -0.05) is 90.1 Å². The van der Waals surface area contributed by atoms with Crippen molar-refractivity contribution in [1.29, 1.82) is 0 Å². The lowest BCUT2D eigenvalue weighted by atomic mass is 9.94. The van der Waals surface area contributed by atoms with Crippen LogP contribution >= 0.6 is 0 Å². The van der Waals surface area contributed by atoms with Gasteiger partial charge in [0.25, 0.3) is 0 Å². The standard InChI is InChI=1S/C17H24.C2H6/c1-6-7-17(14(4)5)12-15-8-10-16(11-9-15)13(2)3;1-2/h6-11,13-14H,1,12H2,2-5H3;1-2H3/b17-7-;. The molecule has 0 amide bonds. The zero-order chi connectivity index (χ0) is 14.8. The fourth-order valence-electron chi connectivity index (χ4n) is 1.86. The van der Waals surface area contributed by atoms with E-state index in [1.165, 1.54) is 16.7 Å². The molecule has 0 saturated carbocycles. The highest BCUT2D eigenvalue weighted by atomic mass is 14.1. The molecule has 0 N–H and O–H groups in total. The van der Waals surface area contributed by atoms with Gasteiger partial charge in [0, 0.05) is 0 Å². The highest BCUT2D eigenvalue weighted by Gasteiger charge is 2.04. The molecule has 0 radical (unpaired) electrons. The molecule has 0 aliphatic rings. The summed E-state index contributed by atoms with van der Waals surface area (Å²) in [6, 6.07) is 8.97. The van der Waals surface area contributed by atoms with Crippen LogP contribution in [0.1, 0.15) is 58.6 Å². The lowest BCUT2D eigenvalue weighted by Gasteiger charge is -2.12. The topological polar surface area (TPSA) is 0 Å². The number of hydrogen-bond donors (Lipinski definition) is 0. The van der Waals surface area contributed by atoms with E-state index in [2.05, 4.69) is 64.6 Å². The molecule has 0 aliphatic carbocycles. The molecule has 0 atom stereocenters. The largest absolute Gasteiger partial charge is 0.0991 e. The van der Waals surface area contributed by atoms with E-state index < -0.39 is 0 Å². The Morgan fingerprint density at radius 1 is 1.05 bits per heavy atom. The Kier molecular flexibility index (Phi) is 8.95. The lowest BCUT2D eigenvalue weighted by molar-refractivity contribution is 0.740. The van der Waals surface area contributed by atoms with E-state index in [4.69, 9.17) is 0 Å². The van der Waals surface area contributed by atoms with Gasteiger partial charge >= 0.3 is 0 Å². The van der Waals surface area contributed by atoms with E-state index >= 15 is 0 Å². The van der Waals surface area contributed by atoms with E-state index in [9.17, 15) is 0 Å². The fourth-order valence-corrected chi connectivity index (χ4v) is 1.86. The summed E-state index contributed by atoms with van der Waals surface area (Å²) in [7, 11) is 0. The summed E-state index contributed by atoms with van der Waals surface area (Å²) in [5, 5.41) is 0. The Balaban J connectivity index is 0.00000154. The van der Waals surface area contributed by atoms with Gasteiger partial charge in [-0.15, -0.1) is 0 Å². The summed E-state index contributed by atoms with van der Waals surface area (Å²) in [4.78, 5) is 0. The molecule has 1 aromatic rings. The molecule has 0 aromatic heterocycles. The Labute approximate surface area is 120 Å². The van der Waals surface area contributed by atoms with Crippen molar-refractivity contribution in [3.63, 3.8) is 0 Å². The molecule has 0 saturated heterocycles. The van der Waals surface area contributed by atoms with Gasteiger partial charge in [0.1, 0.15) is 0 Å². The molecule has 0 fully saturated rings. The normalized spacial score (nSPS) is 11.3. The van der Waals surface area contributed by atoms with E-state index in [-0.39, 0.29) is 0 Å². The van der Waals surface area contributed by atoms with E-state index in [0.717, 1.165) is 6.42 Å². The molecular weight excluding hydrogens is 228 g/mol. The highest BCUT2D eigenvalue weighted by Crippen LogP contribution is 2.19. The summed E-state index contributed by atoms with van der Waals surface area (Å²) >= 11 is 0. The summed E-state index contributed by atoms with van der Waals surface area (Å²) in [5.41, 5.74) is 4.24. The van der Waals surface area contributed by atoms with Crippen LogP contribution in [0.3, 0.4) is 0 Å². The molecule has 0 spiro atoms. The quantitative estimate of drug-likeness (QED) is 0.556. The Bertz CT molecular complexity index is 377. The minimum atomic E-state index is 0.581. The van der Waals surface area contributed by atoms with Gasteiger partial charge in [-0.25, -0.2) is 0 Å². The van der Waals surface area contributed by atoms with E-state index in [1.807, 2.05) is 19.9 Å². The Morgan fingerprint density at radius 3 is 1.95 bits per heavy atom. The first-order valence-electron chi connectivity index (χ1n) is 7.45. The van der Waals surface area contributed by atoms with Crippen LogP contribution in [0.2, 0.25) is 0 Å². The zero-order valence-corrected chi connectivity index (χ0v) is 13.5. The molecule has 0 unspecified atom stereocenters. The first-order chi connectivity index (χ1) is 9.04. The van der Waals surface area contributed by atoms with Crippen LogP contribution in [0.4, 0.5) is 0 Å². The highest BCUT2D eigenvalue weighted by molar-refractivity contribution is 5.29. The molecule has 1 aromatic carbocycles. The van der Waals surface area contributed by atoms with Crippen LogP contribution in [0.15, 0.2) is 48.6 Å². The Morgan fingerprint density at radius 2 is 1.58 bits per heavy atom. The smallest absolute Gasteiger partial charge is 0.00614 e. The van der Waals surface area contributed by atoms with Crippen molar-refractivity contribution >= 4 is 0 Å². The number of rotatable bonds is 5. The van der Waals surface area contributed by atoms with Crippen molar-refractivity contribution in [2.45, 2.75) is 53.9 Å². The molecule has 0 heteroatoms. The van der Waals surface area contributed by atoms with Gasteiger partial charge in [0.15, 0.2) is 0 Å². The predicted molar refractivity (Wildman–Crippen MR) is 88.7 cm³/mol. The van der Waals surface area contributed by atoms with Crippen LogP contribution < -0.4 is 0 Å². The maximum absolute atomic E-state index is 3.79. The van der Waals surface area contributed by atoms with Gasteiger partial charge in [-0.3, -0.25) is 0 Å². The molecule has 19 heavy (non-hydrogen) atoms. The SMILES string of the molecule is C=C/C=C(/Cc1ccc(C(C)C)cc1)C(C)C.CC. The average molecular weight is 258 g/mol. The maximum Gasteiger partial charge on any atom is -0.00614 e. The van der Waals surface area contributed by atoms with Gasteiger partial charge < -0.3 is 0 Å². The third-order valence-corrected chi connectivity index (χ3v) is 3.13. The van der Waals surface area contributed by atoms with Crippen molar-refractivity contribution < 1.29 is 0 Å². The van der Waals surface area contributed by atoms with Gasteiger partial charge in [-0.05, 0) is 29.4 Å². The van der Waals surface area contributed by atoms with E-state index in [1.54, 1.807) is 0 Å². The minimum absolute atomic E-state index is 0.581. The third kappa shape index (κ3) is 6.42. The molecule has 0 aliphatic heterocycles. The molecule has 0 nitrogen and oxygen atoms in total. The van der Waals surface area contributed by atoms with Crippen LogP contribution in [0.5, 0.6) is 0 Å². The second-order valence-corrected chi connectivity index (χ2v) is 5.21. The van der Waals surface area contributed by atoms with Crippen LogP contribution in [-0.4, -0.2) is 0 Å². The second-order valence-electron chi connectivity index (χ2n) is 5.21. The first-order valence-corrected chi connectivity index (χ1v) is 7.45. The molecule has 0 heterocycles. The number of hydrogen-bond acceptors (Lipinski definition) is 0. The Hall–Kier alpha value is -1.30. The zero-order valence-electron chi connectivity index (χ0n) is 13.5. The van der Waals surface area contributed by atoms with Crippen LogP contribution in [0.25, 0.3) is 0 Å². The molecular formula is C19H30. The van der Waals surface area contributed by atoms with Crippen LogP contribution in [-0.2, 0) is 6.42 Å². The molecule has 1 rings (SSSR count). The van der Waals surface area contributed by atoms with Crippen molar-refractivity contribution in [3.05, 3.63) is 59.7 Å².